The van der Waals surface area contributed by atoms with Crippen LogP contribution in [-0.2, 0) is 33.2 Å². The van der Waals surface area contributed by atoms with Crippen LogP contribution in [0.2, 0.25) is 0 Å². The molecule has 15 nitrogen and oxygen atoms in total. The van der Waals surface area contributed by atoms with Crippen LogP contribution in [0, 0.1) is 0 Å². The zero-order valence-electron chi connectivity index (χ0n) is 29.1. The van der Waals surface area contributed by atoms with Crippen molar-refractivity contribution in [1.82, 2.24) is 19.9 Å². The van der Waals surface area contributed by atoms with Gasteiger partial charge in [-0.05, 0) is 32.6 Å². The average Bonchev–Trinajstić information content (AvgIpc) is 3.11. The first kappa shape index (κ1) is 36.7. The van der Waals surface area contributed by atoms with Crippen LogP contribution >= 0.6 is 0 Å². The molecule has 0 saturated carbocycles. The number of ether oxygens (including phenoxy) is 6. The summed E-state index contributed by atoms with van der Waals surface area (Å²) in [6, 6.07) is 0. The molecule has 2 aromatic rings. The normalized spacial score (nSPS) is 16.2. The van der Waals surface area contributed by atoms with Crippen molar-refractivity contribution in [3.63, 3.8) is 0 Å². The lowest BCUT2D eigenvalue weighted by Crippen LogP contribution is -2.39. The summed E-state index contributed by atoms with van der Waals surface area (Å²) >= 11 is 0. The molecule has 0 spiro atoms. The summed E-state index contributed by atoms with van der Waals surface area (Å²) in [4.78, 5) is 41.8. The fourth-order valence-electron chi connectivity index (χ4n) is 5.98. The van der Waals surface area contributed by atoms with Crippen LogP contribution in [0.3, 0.4) is 0 Å². The molecule has 0 bridgehead atoms. The van der Waals surface area contributed by atoms with Crippen molar-refractivity contribution in [1.29, 1.82) is 0 Å². The third-order valence-electron chi connectivity index (χ3n) is 8.79. The van der Waals surface area contributed by atoms with Crippen molar-refractivity contribution >= 4 is 40.5 Å². The summed E-state index contributed by atoms with van der Waals surface area (Å²) in [5.74, 6) is 2.32. The second-order valence-electron chi connectivity index (χ2n) is 11.7. The lowest BCUT2D eigenvalue weighted by molar-refractivity contribution is -0.142. The van der Waals surface area contributed by atoms with Crippen molar-refractivity contribution in [2.45, 2.75) is 51.2 Å². The van der Waals surface area contributed by atoms with Gasteiger partial charge in [-0.3, -0.25) is 4.79 Å². The minimum Gasteiger partial charge on any atom is -0.466 e. The van der Waals surface area contributed by atoms with E-state index in [1.807, 2.05) is 11.8 Å². The summed E-state index contributed by atoms with van der Waals surface area (Å²) in [5, 5.41) is 0. The van der Waals surface area contributed by atoms with Gasteiger partial charge < -0.3 is 48.0 Å². The molecule has 0 radical (unpaired) electrons. The Bertz CT molecular complexity index is 1230. The molecule has 0 N–H and O–H groups in total. The fourth-order valence-corrected chi connectivity index (χ4v) is 5.98. The second-order valence-corrected chi connectivity index (χ2v) is 11.7. The van der Waals surface area contributed by atoms with E-state index in [4.69, 9.17) is 48.4 Å². The van der Waals surface area contributed by atoms with Gasteiger partial charge in [-0.15, -0.1) is 0 Å². The second kappa shape index (κ2) is 19.0. The topological polar surface area (TPSA) is 137 Å². The van der Waals surface area contributed by atoms with Gasteiger partial charge in [-0.25, -0.2) is 9.97 Å². The molecule has 0 unspecified atom stereocenters. The highest BCUT2D eigenvalue weighted by atomic mass is 16.5. The first-order valence-electron chi connectivity index (χ1n) is 16.7. The quantitative estimate of drug-likeness (QED) is 0.203. The maximum absolute atomic E-state index is 12.4. The third-order valence-corrected chi connectivity index (χ3v) is 8.79. The summed E-state index contributed by atoms with van der Waals surface area (Å²) in [7, 11) is 8.57. The number of fused-ring (bicyclic) bond motifs is 1. The number of carbonyl (C=O) groups excluding carboxylic acids is 1. The molecule has 47 heavy (non-hydrogen) atoms. The number of nitrogens with zero attached hydrogens (tertiary/aromatic N) is 8. The number of carbonyl (C=O) groups is 1. The lowest BCUT2D eigenvalue weighted by atomic mass is 10.1. The molecule has 0 amide bonds. The highest BCUT2D eigenvalue weighted by Gasteiger charge is 2.30. The van der Waals surface area contributed by atoms with Gasteiger partial charge in [0.15, 0.2) is 11.6 Å². The van der Waals surface area contributed by atoms with Gasteiger partial charge in [-0.1, -0.05) is 0 Å². The van der Waals surface area contributed by atoms with Crippen LogP contribution in [0.5, 0.6) is 0 Å². The maximum Gasteiger partial charge on any atom is 0.307 e. The van der Waals surface area contributed by atoms with E-state index in [0.29, 0.717) is 75.5 Å². The van der Waals surface area contributed by atoms with Crippen molar-refractivity contribution in [2.75, 3.05) is 134 Å². The highest BCUT2D eigenvalue weighted by molar-refractivity contribution is 5.95. The van der Waals surface area contributed by atoms with Crippen molar-refractivity contribution in [2.24, 2.45) is 0 Å². The van der Waals surface area contributed by atoms with Crippen molar-refractivity contribution < 1.29 is 33.2 Å². The molecule has 4 rings (SSSR count). The Balaban J connectivity index is 1.89. The zero-order chi connectivity index (χ0) is 33.6. The molecule has 0 aliphatic carbocycles. The number of aromatic nitrogens is 4. The van der Waals surface area contributed by atoms with E-state index in [1.165, 1.54) is 0 Å². The number of piperidine rings is 2. The number of hydrogen-bond acceptors (Lipinski definition) is 15. The van der Waals surface area contributed by atoms with Gasteiger partial charge in [0, 0.05) is 87.9 Å². The molecule has 0 aromatic carbocycles. The van der Waals surface area contributed by atoms with Gasteiger partial charge in [0.1, 0.15) is 11.0 Å². The molecule has 15 heteroatoms. The molecule has 4 heterocycles. The van der Waals surface area contributed by atoms with E-state index in [0.717, 1.165) is 63.5 Å². The molecule has 2 aliphatic heterocycles. The number of methoxy groups -OCH3 is 5. The van der Waals surface area contributed by atoms with Crippen LogP contribution in [0.25, 0.3) is 11.0 Å². The first-order chi connectivity index (χ1) is 23.0. The summed E-state index contributed by atoms with van der Waals surface area (Å²) < 4.78 is 32.9. The van der Waals surface area contributed by atoms with E-state index < -0.39 is 0 Å². The Morgan fingerprint density at radius 1 is 0.660 bits per heavy atom. The molecule has 264 valence electrons. The van der Waals surface area contributed by atoms with Crippen LogP contribution < -0.4 is 19.6 Å². The van der Waals surface area contributed by atoms with E-state index in [9.17, 15) is 4.79 Å². The van der Waals surface area contributed by atoms with Crippen LogP contribution in [-0.4, -0.2) is 152 Å². The van der Waals surface area contributed by atoms with E-state index in [2.05, 4.69) is 14.7 Å². The van der Waals surface area contributed by atoms with Gasteiger partial charge in [0.2, 0.25) is 11.9 Å². The largest absolute Gasteiger partial charge is 0.466 e. The number of esters is 1. The average molecular weight is 663 g/mol. The first-order valence-corrected chi connectivity index (χ1v) is 16.7. The smallest absolute Gasteiger partial charge is 0.307 e. The lowest BCUT2D eigenvalue weighted by Gasteiger charge is -2.35. The Kier molecular flexibility index (Phi) is 14.9. The van der Waals surface area contributed by atoms with Crippen LogP contribution in [0.15, 0.2) is 0 Å². The van der Waals surface area contributed by atoms with E-state index >= 15 is 0 Å². The fraction of sp³-hybridized carbons (Fsp3) is 0.781. The number of rotatable bonds is 19. The van der Waals surface area contributed by atoms with Crippen molar-refractivity contribution in [3.05, 3.63) is 0 Å². The molecule has 2 aromatic heterocycles. The predicted octanol–water partition coefficient (Wildman–Crippen LogP) is 2.16. The Labute approximate surface area is 278 Å². The highest BCUT2D eigenvalue weighted by Crippen LogP contribution is 2.35. The molecule has 2 aliphatic rings. The van der Waals surface area contributed by atoms with Crippen molar-refractivity contribution in [3.8, 4) is 0 Å². The zero-order valence-corrected chi connectivity index (χ0v) is 29.1. The minimum atomic E-state index is -0.264. The van der Waals surface area contributed by atoms with E-state index in [1.54, 1.807) is 35.5 Å². The van der Waals surface area contributed by atoms with Gasteiger partial charge in [0.25, 0.3) is 0 Å². The molecule has 2 saturated heterocycles. The van der Waals surface area contributed by atoms with Crippen LogP contribution in [0.1, 0.15) is 39.0 Å². The summed E-state index contributed by atoms with van der Waals surface area (Å²) in [6.07, 6.45) is 4.10. The molecule has 0 atom stereocenters. The minimum absolute atomic E-state index is 0.197. The summed E-state index contributed by atoms with van der Waals surface area (Å²) in [6.45, 7) is 8.76. The third kappa shape index (κ3) is 9.95. The number of hydrogen-bond donors (Lipinski definition) is 0. The molecule has 2 fully saturated rings. The molecular formula is C32H54N8O7. The standard InChI is InChI=1S/C32H54N8O7/c1-7-47-26(41)12-17-39(18-21-42-2)31-33-27-28(29(35-31)37-13-8-24(45-5)9-14-37)34-32(40(19-22-43-3)20-23-44-4)36-30(27)38-15-10-25(46-6)11-16-38/h24-25H,7-23H2,1-6H3. The van der Waals surface area contributed by atoms with Gasteiger partial charge in [0.05, 0.1) is 45.1 Å². The van der Waals surface area contributed by atoms with Gasteiger partial charge in [-0.2, -0.15) is 9.97 Å². The predicted molar refractivity (Wildman–Crippen MR) is 181 cm³/mol. The maximum atomic E-state index is 12.4. The van der Waals surface area contributed by atoms with E-state index in [-0.39, 0.29) is 24.6 Å². The summed E-state index contributed by atoms with van der Waals surface area (Å²) in [5.41, 5.74) is 1.37. The number of anilines is 4. The Morgan fingerprint density at radius 3 is 1.43 bits per heavy atom. The Morgan fingerprint density at radius 2 is 1.06 bits per heavy atom. The monoisotopic (exact) mass is 662 g/mol. The molecular weight excluding hydrogens is 608 g/mol. The van der Waals surface area contributed by atoms with Gasteiger partial charge >= 0.3 is 5.97 Å². The SMILES string of the molecule is CCOC(=O)CCN(CCOC)c1nc(N2CCC(OC)CC2)c2nc(N(CCOC)CCOC)nc(N3CCC(OC)CC3)c2n1. The van der Waals surface area contributed by atoms with Crippen LogP contribution in [0.4, 0.5) is 23.5 Å². The Hall–Kier alpha value is -3.11.